The lowest BCUT2D eigenvalue weighted by Crippen LogP contribution is -2.01. The van der Waals surface area contributed by atoms with E-state index in [9.17, 15) is 0 Å². The first-order valence-electron chi connectivity index (χ1n) is 6.75. The first kappa shape index (κ1) is 13.4. The maximum absolute atomic E-state index is 3.14. The van der Waals surface area contributed by atoms with Crippen LogP contribution in [0.5, 0.6) is 0 Å². The molecule has 2 aromatic carbocycles. The van der Waals surface area contributed by atoms with E-state index < -0.39 is 0 Å². The molecule has 19 heavy (non-hydrogen) atoms. The molecular formula is C18H21N. The smallest absolute Gasteiger partial charge is 0.00278 e. The number of hydrogen-bond acceptors (Lipinski definition) is 1. The van der Waals surface area contributed by atoms with E-state index in [4.69, 9.17) is 0 Å². The van der Waals surface area contributed by atoms with Crippen molar-refractivity contribution in [2.45, 2.75) is 13.8 Å². The van der Waals surface area contributed by atoms with E-state index >= 15 is 0 Å². The number of allylic oxidation sites excluding steroid dienone is 1. The maximum Gasteiger partial charge on any atom is 0.00278 e. The summed E-state index contributed by atoms with van der Waals surface area (Å²) in [5, 5.41) is 3.14. The Morgan fingerprint density at radius 1 is 0.947 bits per heavy atom. The summed E-state index contributed by atoms with van der Waals surface area (Å²) in [4.78, 5) is 0. The van der Waals surface area contributed by atoms with Crippen molar-refractivity contribution in [2.75, 3.05) is 7.05 Å². The molecule has 1 N–H and O–H groups in total. The first-order valence-corrected chi connectivity index (χ1v) is 6.75. The van der Waals surface area contributed by atoms with Crippen LogP contribution in [-0.2, 0) is 0 Å². The van der Waals surface area contributed by atoms with Gasteiger partial charge in [0.2, 0.25) is 0 Å². The molecule has 1 heteroatoms. The molecule has 98 valence electrons. The summed E-state index contributed by atoms with van der Waals surface area (Å²) in [6.45, 7) is 4.44. The molecule has 0 amide bonds. The quantitative estimate of drug-likeness (QED) is 0.839. The van der Waals surface area contributed by atoms with Gasteiger partial charge in [-0.25, -0.2) is 0 Å². The summed E-state index contributed by atoms with van der Waals surface area (Å²) >= 11 is 0. The normalized spacial score (nSPS) is 11.7. The van der Waals surface area contributed by atoms with Gasteiger partial charge in [0.25, 0.3) is 0 Å². The predicted octanol–water partition coefficient (Wildman–Crippen LogP) is 4.57. The van der Waals surface area contributed by atoms with Crippen molar-refractivity contribution in [3.8, 4) is 11.1 Å². The van der Waals surface area contributed by atoms with Crippen LogP contribution in [0.15, 0.2) is 60.8 Å². The monoisotopic (exact) mass is 251 g/mol. The van der Waals surface area contributed by atoms with Crippen LogP contribution in [0.25, 0.3) is 16.7 Å². The van der Waals surface area contributed by atoms with Crippen LogP contribution in [0.2, 0.25) is 0 Å². The third-order valence-corrected chi connectivity index (χ3v) is 3.22. The van der Waals surface area contributed by atoms with Crippen LogP contribution in [-0.4, -0.2) is 7.05 Å². The molecule has 0 atom stereocenters. The second-order valence-corrected chi connectivity index (χ2v) is 4.99. The van der Waals surface area contributed by atoms with E-state index in [0.717, 1.165) is 0 Å². The van der Waals surface area contributed by atoms with Crippen LogP contribution < -0.4 is 5.32 Å². The Hall–Kier alpha value is -2.02. The molecule has 0 aromatic heterocycles. The molecular weight excluding hydrogens is 230 g/mol. The summed E-state index contributed by atoms with van der Waals surface area (Å²) < 4.78 is 0. The number of nitrogens with one attached hydrogen (secondary N) is 1. The highest BCUT2D eigenvalue weighted by molar-refractivity contribution is 5.73. The largest absolute Gasteiger partial charge is 0.394 e. The minimum atomic E-state index is 0.499. The number of benzene rings is 2. The molecule has 0 unspecified atom stereocenters. The summed E-state index contributed by atoms with van der Waals surface area (Å²) in [5.74, 6) is 0.499. The van der Waals surface area contributed by atoms with E-state index in [2.05, 4.69) is 73.9 Å². The topological polar surface area (TPSA) is 12.0 Å². The zero-order chi connectivity index (χ0) is 13.7. The van der Waals surface area contributed by atoms with Crippen molar-refractivity contribution in [3.63, 3.8) is 0 Å². The summed E-state index contributed by atoms with van der Waals surface area (Å²) in [7, 11) is 1.95. The van der Waals surface area contributed by atoms with Crippen LogP contribution in [0, 0.1) is 5.92 Å². The van der Waals surface area contributed by atoms with E-state index in [1.165, 1.54) is 22.3 Å². The molecule has 0 aliphatic carbocycles. The Morgan fingerprint density at radius 3 is 2.26 bits per heavy atom. The van der Waals surface area contributed by atoms with E-state index in [0.29, 0.717) is 5.92 Å². The third-order valence-electron chi connectivity index (χ3n) is 3.22. The molecule has 0 heterocycles. The molecule has 2 aromatic rings. The van der Waals surface area contributed by atoms with Gasteiger partial charge in [0.05, 0.1) is 0 Å². The lowest BCUT2D eigenvalue weighted by molar-refractivity contribution is 0.846. The molecule has 0 saturated heterocycles. The van der Waals surface area contributed by atoms with Gasteiger partial charge >= 0.3 is 0 Å². The highest BCUT2D eigenvalue weighted by atomic mass is 14.8. The van der Waals surface area contributed by atoms with Crippen molar-refractivity contribution in [1.82, 2.24) is 5.32 Å². The van der Waals surface area contributed by atoms with Crippen molar-refractivity contribution in [2.24, 2.45) is 5.92 Å². The van der Waals surface area contributed by atoms with Crippen molar-refractivity contribution in [1.29, 1.82) is 0 Å². The lowest BCUT2D eigenvalue weighted by Gasteiger charge is -2.13. The standard InChI is InChI=1S/C18H21N/c1-14(2)18(13-19-3)17-11-7-10-16(12-17)15-8-5-4-6-9-15/h4-14,19H,1-3H3/b18-13-. The molecule has 0 fully saturated rings. The van der Waals surface area contributed by atoms with E-state index in [1.54, 1.807) is 0 Å². The molecule has 0 saturated carbocycles. The van der Waals surface area contributed by atoms with Gasteiger partial charge in [-0.2, -0.15) is 0 Å². The minimum absolute atomic E-state index is 0.499. The van der Waals surface area contributed by atoms with Crippen molar-refractivity contribution in [3.05, 3.63) is 66.4 Å². The fraction of sp³-hybridized carbons (Fsp3) is 0.222. The molecule has 1 nitrogen and oxygen atoms in total. The zero-order valence-electron chi connectivity index (χ0n) is 11.9. The van der Waals surface area contributed by atoms with Gasteiger partial charge in [-0.1, -0.05) is 62.4 Å². The van der Waals surface area contributed by atoms with Gasteiger partial charge in [-0.3, -0.25) is 0 Å². The molecule has 0 bridgehead atoms. The van der Waals surface area contributed by atoms with Gasteiger partial charge in [-0.05, 0) is 34.2 Å². The SMILES string of the molecule is CN/C=C(\c1cccc(-c2ccccc2)c1)C(C)C. The van der Waals surface area contributed by atoms with Crippen molar-refractivity contribution >= 4 is 5.57 Å². The Kier molecular flexibility index (Phi) is 4.40. The summed E-state index contributed by atoms with van der Waals surface area (Å²) in [6.07, 6.45) is 2.09. The van der Waals surface area contributed by atoms with Gasteiger partial charge < -0.3 is 5.32 Å². The van der Waals surface area contributed by atoms with Crippen molar-refractivity contribution < 1.29 is 0 Å². The Bertz CT molecular complexity index is 553. The van der Waals surface area contributed by atoms with Gasteiger partial charge in [0.1, 0.15) is 0 Å². The van der Waals surface area contributed by atoms with E-state index in [1.807, 2.05) is 13.1 Å². The highest BCUT2D eigenvalue weighted by Crippen LogP contribution is 2.27. The third kappa shape index (κ3) is 3.25. The van der Waals surface area contributed by atoms with Crippen LogP contribution in [0.3, 0.4) is 0 Å². The average molecular weight is 251 g/mol. The molecule has 0 radical (unpaired) electrons. The van der Waals surface area contributed by atoms with Crippen LogP contribution >= 0.6 is 0 Å². The fourth-order valence-electron chi connectivity index (χ4n) is 2.25. The highest BCUT2D eigenvalue weighted by Gasteiger charge is 2.07. The molecule has 2 rings (SSSR count). The summed E-state index contributed by atoms with van der Waals surface area (Å²) in [5.41, 5.74) is 5.14. The number of hydrogen-bond donors (Lipinski definition) is 1. The Labute approximate surface area is 116 Å². The second kappa shape index (κ2) is 6.24. The van der Waals surface area contributed by atoms with Gasteiger partial charge in [0.15, 0.2) is 0 Å². The summed E-state index contributed by atoms with van der Waals surface area (Å²) in [6, 6.07) is 19.2. The number of rotatable bonds is 4. The fourth-order valence-corrected chi connectivity index (χ4v) is 2.25. The predicted molar refractivity (Wildman–Crippen MR) is 83.8 cm³/mol. The van der Waals surface area contributed by atoms with Crippen LogP contribution in [0.4, 0.5) is 0 Å². The van der Waals surface area contributed by atoms with E-state index in [-0.39, 0.29) is 0 Å². The van der Waals surface area contributed by atoms with Gasteiger partial charge in [-0.15, -0.1) is 0 Å². The molecule has 0 aliphatic rings. The van der Waals surface area contributed by atoms with Crippen LogP contribution in [0.1, 0.15) is 19.4 Å². The zero-order valence-corrected chi connectivity index (χ0v) is 11.9. The molecule has 0 spiro atoms. The first-order chi connectivity index (χ1) is 9.22. The molecule has 0 aliphatic heterocycles. The average Bonchev–Trinajstić information content (AvgIpc) is 2.45. The maximum atomic E-state index is 3.14. The second-order valence-electron chi connectivity index (χ2n) is 4.99. The lowest BCUT2D eigenvalue weighted by atomic mass is 9.93. The van der Waals surface area contributed by atoms with Gasteiger partial charge in [0, 0.05) is 13.2 Å². The minimum Gasteiger partial charge on any atom is -0.394 e. The Morgan fingerprint density at radius 2 is 1.63 bits per heavy atom. The Balaban J connectivity index is 2.42.